The van der Waals surface area contributed by atoms with Crippen LogP contribution in [0, 0.1) is 13.8 Å². The van der Waals surface area contributed by atoms with E-state index in [1.54, 1.807) is 0 Å². The average Bonchev–Trinajstić information content (AvgIpc) is 2.48. The molecule has 0 saturated heterocycles. The van der Waals surface area contributed by atoms with E-state index in [2.05, 4.69) is 65.1 Å². The number of H-pyrrole nitrogens is 1. The van der Waals surface area contributed by atoms with E-state index in [-0.39, 0.29) is 0 Å². The standard InChI is InChI=1S/C12H12BrN/c1-8-7-12(14-9(8)2)10-3-5-11(13)6-4-10/h3-7,14H,1-2H3. The Morgan fingerprint density at radius 3 is 2.21 bits per heavy atom. The first-order chi connectivity index (χ1) is 6.66. The van der Waals surface area contributed by atoms with Gasteiger partial charge in [0.05, 0.1) is 0 Å². The van der Waals surface area contributed by atoms with E-state index in [1.807, 2.05) is 0 Å². The largest absolute Gasteiger partial charge is 0.358 e. The lowest BCUT2D eigenvalue weighted by molar-refractivity contribution is 1.23. The summed E-state index contributed by atoms with van der Waals surface area (Å²) in [4.78, 5) is 3.36. The van der Waals surface area contributed by atoms with Gasteiger partial charge in [0.25, 0.3) is 0 Å². The number of rotatable bonds is 1. The topological polar surface area (TPSA) is 15.8 Å². The molecule has 0 fully saturated rings. The van der Waals surface area contributed by atoms with Crippen LogP contribution in [0.3, 0.4) is 0 Å². The number of nitrogens with one attached hydrogen (secondary N) is 1. The number of benzene rings is 1. The van der Waals surface area contributed by atoms with Crippen molar-refractivity contribution in [3.05, 3.63) is 46.1 Å². The predicted molar refractivity (Wildman–Crippen MR) is 63.4 cm³/mol. The molecule has 0 unspecified atom stereocenters. The van der Waals surface area contributed by atoms with Gasteiger partial charge in [0, 0.05) is 15.9 Å². The molecule has 0 amide bonds. The SMILES string of the molecule is Cc1cc(-c2ccc(Br)cc2)[nH]c1C. The maximum atomic E-state index is 3.43. The Balaban J connectivity index is 2.44. The molecular weight excluding hydrogens is 238 g/mol. The molecule has 1 aromatic heterocycles. The Bertz CT molecular complexity index is 420. The molecule has 1 N–H and O–H groups in total. The van der Waals surface area contributed by atoms with Gasteiger partial charge in [0.2, 0.25) is 0 Å². The van der Waals surface area contributed by atoms with Crippen molar-refractivity contribution in [2.45, 2.75) is 13.8 Å². The average molecular weight is 250 g/mol. The van der Waals surface area contributed by atoms with Crippen LogP contribution in [0.15, 0.2) is 34.8 Å². The van der Waals surface area contributed by atoms with E-state index in [1.165, 1.54) is 22.5 Å². The van der Waals surface area contributed by atoms with Crippen LogP contribution in [-0.2, 0) is 0 Å². The zero-order valence-corrected chi connectivity index (χ0v) is 9.85. The van der Waals surface area contributed by atoms with Crippen LogP contribution >= 0.6 is 15.9 Å². The van der Waals surface area contributed by atoms with Crippen molar-refractivity contribution in [2.24, 2.45) is 0 Å². The fraction of sp³-hybridized carbons (Fsp3) is 0.167. The molecule has 2 rings (SSSR count). The van der Waals surface area contributed by atoms with Crippen LogP contribution in [0.1, 0.15) is 11.3 Å². The zero-order valence-electron chi connectivity index (χ0n) is 8.26. The maximum absolute atomic E-state index is 3.43. The minimum Gasteiger partial charge on any atom is -0.358 e. The van der Waals surface area contributed by atoms with Gasteiger partial charge in [-0.05, 0) is 43.2 Å². The second kappa shape index (κ2) is 3.62. The predicted octanol–water partition coefficient (Wildman–Crippen LogP) is 4.06. The maximum Gasteiger partial charge on any atom is 0.0458 e. The summed E-state index contributed by atoms with van der Waals surface area (Å²) in [6.07, 6.45) is 0. The summed E-state index contributed by atoms with van der Waals surface area (Å²) in [5, 5.41) is 0. The van der Waals surface area contributed by atoms with E-state index in [9.17, 15) is 0 Å². The highest BCUT2D eigenvalue weighted by Gasteiger charge is 2.02. The van der Waals surface area contributed by atoms with Crippen molar-refractivity contribution in [2.75, 3.05) is 0 Å². The molecule has 14 heavy (non-hydrogen) atoms. The summed E-state index contributed by atoms with van der Waals surface area (Å²) in [5.41, 5.74) is 4.96. The lowest BCUT2D eigenvalue weighted by atomic mass is 10.1. The minimum atomic E-state index is 1.11. The summed E-state index contributed by atoms with van der Waals surface area (Å²) in [7, 11) is 0. The van der Waals surface area contributed by atoms with E-state index in [0.717, 1.165) is 4.47 Å². The normalized spacial score (nSPS) is 10.5. The molecule has 1 heterocycles. The molecule has 0 aliphatic carbocycles. The second-order valence-corrected chi connectivity index (χ2v) is 4.41. The molecule has 72 valence electrons. The van der Waals surface area contributed by atoms with Crippen LogP contribution < -0.4 is 0 Å². The van der Waals surface area contributed by atoms with Crippen LogP contribution in [0.2, 0.25) is 0 Å². The third kappa shape index (κ3) is 1.75. The minimum absolute atomic E-state index is 1.11. The Kier molecular flexibility index (Phi) is 2.46. The van der Waals surface area contributed by atoms with Crippen molar-refractivity contribution in [3.8, 4) is 11.3 Å². The van der Waals surface area contributed by atoms with Gasteiger partial charge in [0.15, 0.2) is 0 Å². The number of halogens is 1. The second-order valence-electron chi connectivity index (χ2n) is 3.50. The van der Waals surface area contributed by atoms with Crippen LogP contribution in [0.25, 0.3) is 11.3 Å². The molecule has 0 atom stereocenters. The van der Waals surface area contributed by atoms with E-state index >= 15 is 0 Å². The quantitative estimate of drug-likeness (QED) is 0.785. The van der Waals surface area contributed by atoms with Crippen molar-refractivity contribution in [1.82, 2.24) is 4.98 Å². The first-order valence-electron chi connectivity index (χ1n) is 4.59. The van der Waals surface area contributed by atoms with E-state index in [4.69, 9.17) is 0 Å². The molecule has 1 aromatic carbocycles. The third-order valence-electron chi connectivity index (χ3n) is 2.43. The highest BCUT2D eigenvalue weighted by molar-refractivity contribution is 9.10. The van der Waals surface area contributed by atoms with Gasteiger partial charge in [-0.25, -0.2) is 0 Å². The summed E-state index contributed by atoms with van der Waals surface area (Å²) < 4.78 is 1.11. The van der Waals surface area contributed by atoms with Crippen molar-refractivity contribution in [1.29, 1.82) is 0 Å². The molecule has 0 bridgehead atoms. The van der Waals surface area contributed by atoms with Crippen molar-refractivity contribution in [3.63, 3.8) is 0 Å². The molecule has 0 spiro atoms. The number of hydrogen-bond donors (Lipinski definition) is 1. The summed E-state index contributed by atoms with van der Waals surface area (Å²) in [6, 6.07) is 10.5. The Hall–Kier alpha value is -1.02. The first-order valence-corrected chi connectivity index (χ1v) is 5.38. The molecule has 0 radical (unpaired) electrons. The lowest BCUT2D eigenvalue weighted by Crippen LogP contribution is -1.77. The fourth-order valence-corrected chi connectivity index (χ4v) is 1.71. The van der Waals surface area contributed by atoms with Gasteiger partial charge in [0.1, 0.15) is 0 Å². The molecule has 0 saturated carbocycles. The Morgan fingerprint density at radius 2 is 1.71 bits per heavy atom. The van der Waals surface area contributed by atoms with Gasteiger partial charge in [-0.2, -0.15) is 0 Å². The van der Waals surface area contributed by atoms with Crippen LogP contribution in [0.4, 0.5) is 0 Å². The fourth-order valence-electron chi connectivity index (χ4n) is 1.45. The Morgan fingerprint density at radius 1 is 1.07 bits per heavy atom. The smallest absolute Gasteiger partial charge is 0.0458 e. The summed E-state index contributed by atoms with van der Waals surface area (Å²) in [5.74, 6) is 0. The monoisotopic (exact) mass is 249 g/mol. The third-order valence-corrected chi connectivity index (χ3v) is 2.96. The van der Waals surface area contributed by atoms with Crippen molar-refractivity contribution >= 4 is 15.9 Å². The number of hydrogen-bond acceptors (Lipinski definition) is 0. The molecule has 0 aliphatic heterocycles. The molecular formula is C12H12BrN. The van der Waals surface area contributed by atoms with E-state index < -0.39 is 0 Å². The molecule has 2 heteroatoms. The van der Waals surface area contributed by atoms with Gasteiger partial charge in [-0.15, -0.1) is 0 Å². The van der Waals surface area contributed by atoms with E-state index in [0.29, 0.717) is 0 Å². The summed E-state index contributed by atoms with van der Waals surface area (Å²) in [6.45, 7) is 4.21. The highest BCUT2D eigenvalue weighted by atomic mass is 79.9. The summed E-state index contributed by atoms with van der Waals surface area (Å²) >= 11 is 3.43. The van der Waals surface area contributed by atoms with Crippen LogP contribution in [0.5, 0.6) is 0 Å². The first kappa shape index (κ1) is 9.53. The molecule has 1 nitrogen and oxygen atoms in total. The zero-order chi connectivity index (χ0) is 10.1. The lowest BCUT2D eigenvalue weighted by Gasteiger charge is -1.97. The van der Waals surface area contributed by atoms with Gasteiger partial charge in [-0.3, -0.25) is 0 Å². The van der Waals surface area contributed by atoms with Crippen LogP contribution in [-0.4, -0.2) is 4.98 Å². The number of aromatic nitrogens is 1. The van der Waals surface area contributed by atoms with Gasteiger partial charge < -0.3 is 4.98 Å². The number of aromatic amines is 1. The Labute approximate surface area is 92.3 Å². The van der Waals surface area contributed by atoms with Crippen molar-refractivity contribution < 1.29 is 0 Å². The highest BCUT2D eigenvalue weighted by Crippen LogP contribution is 2.22. The van der Waals surface area contributed by atoms with Gasteiger partial charge in [-0.1, -0.05) is 28.1 Å². The number of aryl methyl sites for hydroxylation is 2. The molecule has 0 aliphatic rings. The van der Waals surface area contributed by atoms with Gasteiger partial charge >= 0.3 is 0 Å². The molecule has 2 aromatic rings.